The quantitative estimate of drug-likeness (QED) is 0.204. The lowest BCUT2D eigenvalue weighted by Crippen LogP contribution is -2.43. The van der Waals surface area contributed by atoms with Crippen LogP contribution in [-0.2, 0) is 16.0 Å². The van der Waals surface area contributed by atoms with Gasteiger partial charge in [0.25, 0.3) is 5.91 Å². The highest BCUT2D eigenvalue weighted by Crippen LogP contribution is 2.22. The van der Waals surface area contributed by atoms with Gasteiger partial charge in [-0.05, 0) is 62.6 Å². The average molecular weight is 509 g/mol. The van der Waals surface area contributed by atoms with Gasteiger partial charge in [0.2, 0.25) is 0 Å². The zero-order valence-corrected chi connectivity index (χ0v) is 22.0. The summed E-state index contributed by atoms with van der Waals surface area (Å²) in [5.41, 5.74) is 1.48. The number of carbonyl (C=O) groups is 3. The van der Waals surface area contributed by atoms with E-state index in [1.54, 1.807) is 30.3 Å². The lowest BCUT2D eigenvalue weighted by Gasteiger charge is -2.19. The Labute approximate surface area is 218 Å². The van der Waals surface area contributed by atoms with Crippen molar-refractivity contribution in [1.82, 2.24) is 5.32 Å². The predicted octanol–water partition coefficient (Wildman–Crippen LogP) is 5.02. The molecule has 1 N–H and O–H groups in total. The second kappa shape index (κ2) is 15.3. The Morgan fingerprint density at radius 1 is 1.03 bits per heavy atom. The van der Waals surface area contributed by atoms with E-state index in [0.29, 0.717) is 41.9 Å². The predicted molar refractivity (Wildman–Crippen MR) is 140 cm³/mol. The van der Waals surface area contributed by atoms with E-state index in [9.17, 15) is 19.6 Å². The topological polar surface area (TPSA) is 115 Å². The average Bonchev–Trinajstić information content (AvgIpc) is 2.88. The summed E-state index contributed by atoms with van der Waals surface area (Å²) in [4.78, 5) is 37.6. The summed E-state index contributed by atoms with van der Waals surface area (Å²) in [6.45, 7) is 8.47. The molecule has 2 aromatic carbocycles. The molecule has 198 valence electrons. The van der Waals surface area contributed by atoms with Crippen LogP contribution in [0.5, 0.6) is 11.5 Å². The molecule has 8 heteroatoms. The maximum absolute atomic E-state index is 13.1. The molecule has 0 saturated carbocycles. The number of hydrogen-bond acceptors (Lipinski definition) is 7. The zero-order chi connectivity index (χ0) is 27.2. The van der Waals surface area contributed by atoms with Crippen molar-refractivity contribution in [2.24, 2.45) is 0 Å². The van der Waals surface area contributed by atoms with Crippen LogP contribution in [0.15, 0.2) is 36.4 Å². The number of rotatable bonds is 15. The maximum atomic E-state index is 13.1. The van der Waals surface area contributed by atoms with Crippen LogP contribution in [0.3, 0.4) is 0 Å². The van der Waals surface area contributed by atoms with Crippen LogP contribution in [0.1, 0.15) is 85.2 Å². The Balaban J connectivity index is 2.25. The first-order chi connectivity index (χ1) is 17.8. The summed E-state index contributed by atoms with van der Waals surface area (Å²) in [6, 6.07) is 10.7. The largest absolute Gasteiger partial charge is 0.493 e. The fraction of sp³-hybridized carbons (Fsp3) is 0.448. The first-order valence-electron chi connectivity index (χ1n) is 12.7. The van der Waals surface area contributed by atoms with E-state index in [4.69, 9.17) is 14.2 Å². The van der Waals surface area contributed by atoms with Crippen molar-refractivity contribution in [3.63, 3.8) is 0 Å². The standard InChI is InChI=1S/C29H36N2O6/c1-5-7-13-35-26-11-9-21(15-24(26)19-32)16-25(29(34)36-14-8-6-2)31-28(33)22-10-12-27(37-20(3)4)23(17-22)18-30/h9-12,15,17,19-20,25H,5-8,13-14,16H2,1-4H3,(H,31,33)/t25-/m0/s1. The van der Waals surface area contributed by atoms with Crippen LogP contribution < -0.4 is 14.8 Å². The lowest BCUT2D eigenvalue weighted by atomic mass is 10.0. The second-order valence-electron chi connectivity index (χ2n) is 8.93. The number of esters is 1. The third kappa shape index (κ3) is 9.26. The summed E-state index contributed by atoms with van der Waals surface area (Å²) in [7, 11) is 0. The van der Waals surface area contributed by atoms with E-state index in [-0.39, 0.29) is 30.3 Å². The minimum absolute atomic E-state index is 0.117. The van der Waals surface area contributed by atoms with Crippen molar-refractivity contribution in [3.8, 4) is 17.6 Å². The Kier molecular flexibility index (Phi) is 12.1. The van der Waals surface area contributed by atoms with Crippen molar-refractivity contribution in [3.05, 3.63) is 58.7 Å². The number of nitriles is 1. The molecule has 2 aromatic rings. The first kappa shape index (κ1) is 29.4. The number of carbonyl (C=O) groups excluding carboxylic acids is 3. The lowest BCUT2D eigenvalue weighted by molar-refractivity contribution is -0.146. The van der Waals surface area contributed by atoms with Crippen LogP contribution in [0.2, 0.25) is 0 Å². The van der Waals surface area contributed by atoms with Crippen molar-refractivity contribution in [1.29, 1.82) is 5.26 Å². The molecule has 8 nitrogen and oxygen atoms in total. The number of amides is 1. The summed E-state index contributed by atoms with van der Waals surface area (Å²) < 4.78 is 16.7. The van der Waals surface area contributed by atoms with Crippen LogP contribution >= 0.6 is 0 Å². The van der Waals surface area contributed by atoms with Gasteiger partial charge in [-0.1, -0.05) is 32.8 Å². The molecule has 0 aliphatic rings. The van der Waals surface area contributed by atoms with Gasteiger partial charge < -0.3 is 19.5 Å². The van der Waals surface area contributed by atoms with Crippen molar-refractivity contribution < 1.29 is 28.6 Å². The van der Waals surface area contributed by atoms with Crippen LogP contribution in [-0.4, -0.2) is 43.5 Å². The van der Waals surface area contributed by atoms with Crippen molar-refractivity contribution in [2.75, 3.05) is 13.2 Å². The Hall–Kier alpha value is -3.86. The first-order valence-corrected chi connectivity index (χ1v) is 12.7. The van der Waals surface area contributed by atoms with E-state index in [0.717, 1.165) is 19.3 Å². The van der Waals surface area contributed by atoms with E-state index < -0.39 is 17.9 Å². The van der Waals surface area contributed by atoms with E-state index in [2.05, 4.69) is 12.2 Å². The molecule has 0 aliphatic heterocycles. The Bertz CT molecular complexity index is 1110. The molecule has 0 bridgehead atoms. The Morgan fingerprint density at radius 3 is 2.38 bits per heavy atom. The third-order valence-electron chi connectivity index (χ3n) is 5.45. The molecule has 0 aliphatic carbocycles. The summed E-state index contributed by atoms with van der Waals surface area (Å²) in [5.74, 6) is -0.239. The Morgan fingerprint density at radius 2 is 1.73 bits per heavy atom. The van der Waals surface area contributed by atoms with Gasteiger partial charge in [-0.15, -0.1) is 0 Å². The minimum atomic E-state index is -0.993. The monoisotopic (exact) mass is 508 g/mol. The molecule has 0 aromatic heterocycles. The molecule has 1 atom stereocenters. The highest BCUT2D eigenvalue weighted by Gasteiger charge is 2.24. The molecule has 0 spiro atoms. The zero-order valence-electron chi connectivity index (χ0n) is 22.0. The summed E-state index contributed by atoms with van der Waals surface area (Å²) in [5, 5.41) is 12.2. The molecule has 2 rings (SSSR count). The number of unbranched alkanes of at least 4 members (excludes halogenated alkanes) is 2. The van der Waals surface area contributed by atoms with E-state index >= 15 is 0 Å². The highest BCUT2D eigenvalue weighted by atomic mass is 16.5. The molecule has 0 heterocycles. The molecular weight excluding hydrogens is 472 g/mol. The third-order valence-corrected chi connectivity index (χ3v) is 5.45. The van der Waals surface area contributed by atoms with Crippen molar-refractivity contribution in [2.45, 2.75) is 71.9 Å². The van der Waals surface area contributed by atoms with Crippen LogP contribution in [0, 0.1) is 11.3 Å². The SMILES string of the molecule is CCCCOC(=O)[C@H](Cc1ccc(OCCCC)c(C=O)c1)NC(=O)c1ccc(OC(C)C)c(C#N)c1. The number of ether oxygens (including phenoxy) is 3. The number of hydrogen-bond donors (Lipinski definition) is 1. The molecule has 1 amide bonds. The second-order valence-corrected chi connectivity index (χ2v) is 8.93. The van der Waals surface area contributed by atoms with E-state index in [1.165, 1.54) is 6.07 Å². The van der Waals surface area contributed by atoms with Gasteiger partial charge in [-0.25, -0.2) is 4.79 Å². The molecule has 0 saturated heterocycles. The maximum Gasteiger partial charge on any atom is 0.328 e. The smallest absolute Gasteiger partial charge is 0.328 e. The van der Waals surface area contributed by atoms with Gasteiger partial charge >= 0.3 is 5.97 Å². The molecule has 0 radical (unpaired) electrons. The van der Waals surface area contributed by atoms with Crippen molar-refractivity contribution >= 4 is 18.2 Å². The highest BCUT2D eigenvalue weighted by molar-refractivity contribution is 5.97. The normalized spacial score (nSPS) is 11.4. The van der Waals surface area contributed by atoms with Gasteiger partial charge in [-0.3, -0.25) is 9.59 Å². The fourth-order valence-electron chi connectivity index (χ4n) is 3.48. The number of nitrogens with zero attached hydrogens (tertiary/aromatic N) is 1. The minimum Gasteiger partial charge on any atom is -0.493 e. The van der Waals surface area contributed by atoms with Gasteiger partial charge in [-0.2, -0.15) is 5.26 Å². The van der Waals surface area contributed by atoms with Gasteiger partial charge in [0.05, 0.1) is 30.4 Å². The molecule has 0 unspecified atom stereocenters. The molecular formula is C29H36N2O6. The number of nitrogens with one attached hydrogen (secondary N) is 1. The van der Waals surface area contributed by atoms with Gasteiger partial charge in [0.15, 0.2) is 6.29 Å². The number of aldehydes is 1. The van der Waals surface area contributed by atoms with E-state index in [1.807, 2.05) is 26.8 Å². The summed E-state index contributed by atoms with van der Waals surface area (Å²) in [6.07, 6.45) is 4.10. The van der Waals surface area contributed by atoms with Gasteiger partial charge in [0, 0.05) is 12.0 Å². The number of benzene rings is 2. The van der Waals surface area contributed by atoms with Gasteiger partial charge in [0.1, 0.15) is 23.6 Å². The molecule has 0 fully saturated rings. The summed E-state index contributed by atoms with van der Waals surface area (Å²) >= 11 is 0. The van der Waals surface area contributed by atoms with Crippen LogP contribution in [0.4, 0.5) is 0 Å². The fourth-order valence-corrected chi connectivity index (χ4v) is 3.48. The molecule has 37 heavy (non-hydrogen) atoms. The van der Waals surface area contributed by atoms with Crippen LogP contribution in [0.25, 0.3) is 0 Å².